The Kier molecular flexibility index (Phi) is 5.37. The number of thiocarbonyl (C=S) groups is 1. The average molecular weight is 454 g/mol. The molecule has 8 nitrogen and oxygen atoms in total. The molecule has 0 spiro atoms. The largest absolute Gasteiger partial charge is 0.457 e. The third-order valence-corrected chi connectivity index (χ3v) is 4.98. The van der Waals surface area contributed by atoms with E-state index in [-0.39, 0.29) is 22.1 Å². The van der Waals surface area contributed by atoms with Gasteiger partial charge >= 0.3 is 0 Å². The second kappa shape index (κ2) is 8.13. The summed E-state index contributed by atoms with van der Waals surface area (Å²) in [4.78, 5) is 37.0. The maximum atomic E-state index is 13.0. The smallest absolute Gasteiger partial charge is 0.270 e. The van der Waals surface area contributed by atoms with Gasteiger partial charge in [-0.25, -0.2) is 0 Å². The second-order valence-electron chi connectivity index (χ2n) is 6.44. The van der Waals surface area contributed by atoms with E-state index in [0.717, 1.165) is 0 Å². The van der Waals surface area contributed by atoms with Gasteiger partial charge in [0.2, 0.25) is 0 Å². The zero-order chi connectivity index (χ0) is 22.1. The predicted octanol–water partition coefficient (Wildman–Crippen LogP) is 4.34. The van der Waals surface area contributed by atoms with Crippen molar-refractivity contribution in [3.05, 3.63) is 87.1 Å². The molecular weight excluding hydrogens is 442 g/mol. The summed E-state index contributed by atoms with van der Waals surface area (Å²) in [7, 11) is 0. The molecule has 1 saturated heterocycles. The number of carbonyl (C=O) groups is 2. The van der Waals surface area contributed by atoms with E-state index >= 15 is 0 Å². The van der Waals surface area contributed by atoms with Crippen LogP contribution in [0.1, 0.15) is 5.76 Å². The van der Waals surface area contributed by atoms with Gasteiger partial charge < -0.3 is 4.42 Å². The summed E-state index contributed by atoms with van der Waals surface area (Å²) in [5.41, 5.74) is 0.676. The minimum Gasteiger partial charge on any atom is -0.457 e. The molecule has 1 aliphatic heterocycles. The third kappa shape index (κ3) is 4.09. The van der Waals surface area contributed by atoms with Crippen molar-refractivity contribution < 1.29 is 18.9 Å². The van der Waals surface area contributed by atoms with Gasteiger partial charge in [0.25, 0.3) is 17.5 Å². The number of halogens is 1. The number of hydrogen-bond acceptors (Lipinski definition) is 6. The van der Waals surface area contributed by atoms with Gasteiger partial charge in [0.15, 0.2) is 5.11 Å². The van der Waals surface area contributed by atoms with E-state index in [1.54, 1.807) is 42.5 Å². The van der Waals surface area contributed by atoms with Crippen molar-refractivity contribution in [1.29, 1.82) is 0 Å². The summed E-state index contributed by atoms with van der Waals surface area (Å²) >= 11 is 11.0. The number of nitro groups is 1. The van der Waals surface area contributed by atoms with Crippen molar-refractivity contribution >= 4 is 58.2 Å². The van der Waals surface area contributed by atoms with E-state index in [9.17, 15) is 19.7 Å². The topological polar surface area (TPSA) is 106 Å². The number of nitrogens with zero attached hydrogens (tertiary/aromatic N) is 2. The Bertz CT molecular complexity index is 1270. The molecule has 2 heterocycles. The minimum absolute atomic E-state index is 0.0498. The molecule has 2 aromatic carbocycles. The number of nitro benzene ring substituents is 1. The fourth-order valence-electron chi connectivity index (χ4n) is 2.98. The first kappa shape index (κ1) is 20.5. The Morgan fingerprint density at radius 1 is 1.10 bits per heavy atom. The predicted molar refractivity (Wildman–Crippen MR) is 118 cm³/mol. The van der Waals surface area contributed by atoms with Gasteiger partial charge in [-0.1, -0.05) is 23.7 Å². The number of rotatable bonds is 4. The van der Waals surface area contributed by atoms with Crippen LogP contribution in [-0.4, -0.2) is 21.9 Å². The molecule has 154 valence electrons. The Labute approximate surface area is 185 Å². The Morgan fingerprint density at radius 2 is 1.84 bits per heavy atom. The number of nitrogens with one attached hydrogen (secondary N) is 1. The highest BCUT2D eigenvalue weighted by atomic mass is 35.5. The van der Waals surface area contributed by atoms with Crippen LogP contribution in [0.4, 0.5) is 11.4 Å². The number of anilines is 1. The van der Waals surface area contributed by atoms with Gasteiger partial charge in [-0.2, -0.15) is 0 Å². The minimum atomic E-state index is -0.659. The van der Waals surface area contributed by atoms with E-state index in [1.165, 1.54) is 29.2 Å². The number of carbonyl (C=O) groups excluding carboxylic acids is 2. The average Bonchev–Trinajstić information content (AvgIpc) is 3.21. The van der Waals surface area contributed by atoms with Crippen molar-refractivity contribution in [3.8, 4) is 11.3 Å². The van der Waals surface area contributed by atoms with Crippen molar-refractivity contribution in [2.45, 2.75) is 0 Å². The Morgan fingerprint density at radius 3 is 2.55 bits per heavy atom. The van der Waals surface area contributed by atoms with Crippen LogP contribution in [0, 0.1) is 10.1 Å². The van der Waals surface area contributed by atoms with Gasteiger partial charge in [0, 0.05) is 22.7 Å². The van der Waals surface area contributed by atoms with E-state index < -0.39 is 16.7 Å². The van der Waals surface area contributed by atoms with Crippen LogP contribution in [0.25, 0.3) is 17.4 Å². The van der Waals surface area contributed by atoms with E-state index in [4.69, 9.17) is 28.2 Å². The van der Waals surface area contributed by atoms with Crippen LogP contribution < -0.4 is 10.2 Å². The van der Waals surface area contributed by atoms with Gasteiger partial charge in [-0.3, -0.25) is 29.9 Å². The fraction of sp³-hybridized carbons (Fsp3) is 0. The molecule has 0 aliphatic carbocycles. The molecular formula is C21H12ClN3O5S. The van der Waals surface area contributed by atoms with Crippen LogP contribution in [0.5, 0.6) is 0 Å². The monoisotopic (exact) mass is 453 g/mol. The lowest BCUT2D eigenvalue weighted by Gasteiger charge is -2.28. The zero-order valence-electron chi connectivity index (χ0n) is 15.6. The van der Waals surface area contributed by atoms with E-state index in [2.05, 4.69) is 5.32 Å². The summed E-state index contributed by atoms with van der Waals surface area (Å²) in [6.07, 6.45) is 1.29. The molecule has 4 rings (SSSR count). The first-order chi connectivity index (χ1) is 14.8. The molecule has 1 fully saturated rings. The highest BCUT2D eigenvalue weighted by molar-refractivity contribution is 7.80. The lowest BCUT2D eigenvalue weighted by Crippen LogP contribution is -2.54. The molecule has 0 atom stereocenters. The third-order valence-electron chi connectivity index (χ3n) is 4.44. The lowest BCUT2D eigenvalue weighted by molar-refractivity contribution is -0.384. The Hall–Kier alpha value is -3.82. The SMILES string of the molecule is O=C1NC(=S)N(c2ccc(Cl)cc2)C(=O)C1=Cc1ccc(-c2cccc([N+](=O)[O-])c2)o1. The molecule has 0 radical (unpaired) electrons. The second-order valence-corrected chi connectivity index (χ2v) is 7.27. The maximum absolute atomic E-state index is 13.0. The van der Waals surface area contributed by atoms with Crippen LogP contribution >= 0.6 is 23.8 Å². The number of hydrogen-bond donors (Lipinski definition) is 1. The van der Waals surface area contributed by atoms with Crippen molar-refractivity contribution in [2.24, 2.45) is 0 Å². The molecule has 0 unspecified atom stereocenters. The molecule has 1 aromatic heterocycles. The van der Waals surface area contributed by atoms with Gasteiger partial charge in [0.1, 0.15) is 17.1 Å². The maximum Gasteiger partial charge on any atom is 0.270 e. The number of furan rings is 1. The van der Waals surface area contributed by atoms with Crippen LogP contribution in [0.3, 0.4) is 0 Å². The molecule has 1 N–H and O–H groups in total. The fourth-order valence-corrected chi connectivity index (χ4v) is 3.39. The molecule has 2 amide bonds. The zero-order valence-corrected chi connectivity index (χ0v) is 17.1. The first-order valence-electron chi connectivity index (χ1n) is 8.85. The first-order valence-corrected chi connectivity index (χ1v) is 9.64. The molecule has 3 aromatic rings. The quantitative estimate of drug-likeness (QED) is 0.207. The van der Waals surface area contributed by atoms with Crippen LogP contribution in [0.15, 0.2) is 70.7 Å². The summed E-state index contributed by atoms with van der Waals surface area (Å²) in [5.74, 6) is -0.703. The highest BCUT2D eigenvalue weighted by Crippen LogP contribution is 2.28. The van der Waals surface area contributed by atoms with E-state index in [1.807, 2.05) is 0 Å². The highest BCUT2D eigenvalue weighted by Gasteiger charge is 2.34. The Balaban J connectivity index is 1.66. The number of benzene rings is 2. The van der Waals surface area contributed by atoms with Gasteiger partial charge in [-0.05, 0) is 54.7 Å². The van der Waals surface area contributed by atoms with Crippen LogP contribution in [-0.2, 0) is 9.59 Å². The number of amides is 2. The normalized spacial score (nSPS) is 15.3. The summed E-state index contributed by atoms with van der Waals surface area (Å²) in [6, 6.07) is 15.5. The molecule has 10 heteroatoms. The standard InChI is InChI=1S/C21H12ClN3O5S/c22-13-4-6-14(7-5-13)24-20(27)17(19(26)23-21(24)31)11-16-8-9-18(30-16)12-2-1-3-15(10-12)25(28)29/h1-11H,(H,23,26,31). The van der Waals surface area contributed by atoms with Crippen molar-refractivity contribution in [2.75, 3.05) is 4.90 Å². The van der Waals surface area contributed by atoms with Crippen molar-refractivity contribution in [1.82, 2.24) is 5.32 Å². The molecule has 31 heavy (non-hydrogen) atoms. The lowest BCUT2D eigenvalue weighted by atomic mass is 10.1. The van der Waals surface area contributed by atoms with Crippen LogP contribution in [0.2, 0.25) is 5.02 Å². The molecule has 0 saturated carbocycles. The number of non-ortho nitro benzene ring substituents is 1. The summed E-state index contributed by atoms with van der Waals surface area (Å²) in [6.45, 7) is 0. The molecule has 0 bridgehead atoms. The van der Waals surface area contributed by atoms with Gasteiger partial charge in [-0.15, -0.1) is 0 Å². The van der Waals surface area contributed by atoms with Crippen molar-refractivity contribution in [3.63, 3.8) is 0 Å². The van der Waals surface area contributed by atoms with Gasteiger partial charge in [0.05, 0.1) is 10.6 Å². The summed E-state index contributed by atoms with van der Waals surface area (Å²) in [5, 5.41) is 13.9. The summed E-state index contributed by atoms with van der Waals surface area (Å²) < 4.78 is 5.69. The van der Waals surface area contributed by atoms with E-state index in [0.29, 0.717) is 22.0 Å². The molecule has 1 aliphatic rings.